The predicted octanol–water partition coefficient (Wildman–Crippen LogP) is -5.81. The van der Waals surface area contributed by atoms with E-state index in [9.17, 15) is 9.13 Å². The SMILES string of the molecule is COP(=O)(O)OCCN=C(N)NP(=O)(O)O.O=P([O-])(O)O.[K+]. The Morgan fingerprint density at radius 3 is 1.95 bits per heavy atom. The van der Waals surface area contributed by atoms with Gasteiger partial charge in [-0.05, 0) is 0 Å². The van der Waals surface area contributed by atoms with E-state index >= 15 is 0 Å². The minimum atomic E-state index is -4.89. The molecule has 0 saturated heterocycles. The van der Waals surface area contributed by atoms with Gasteiger partial charge in [0.25, 0.3) is 7.82 Å². The molecule has 0 aliphatic carbocycles. The van der Waals surface area contributed by atoms with Crippen molar-refractivity contribution in [1.29, 1.82) is 0 Å². The topological polar surface area (TPSA) is 244 Å². The minimum absolute atomic E-state index is 0. The fraction of sp³-hybridized carbons (Fsp3) is 0.750. The van der Waals surface area contributed by atoms with Crippen molar-refractivity contribution < 1.29 is 103 Å². The van der Waals surface area contributed by atoms with Crippen LogP contribution in [0.2, 0.25) is 0 Å². The van der Waals surface area contributed by atoms with Crippen LogP contribution in [0.5, 0.6) is 0 Å². The van der Waals surface area contributed by atoms with Crippen LogP contribution in [-0.2, 0) is 22.7 Å². The zero-order chi connectivity index (χ0) is 17.3. The van der Waals surface area contributed by atoms with Crippen LogP contribution >= 0.6 is 23.4 Å². The van der Waals surface area contributed by atoms with Crippen LogP contribution in [-0.4, -0.2) is 50.7 Å². The Bertz CT molecular complexity index is 465. The second-order valence-electron chi connectivity index (χ2n) is 2.90. The largest absolute Gasteiger partial charge is 1.00 e. The van der Waals surface area contributed by atoms with E-state index in [0.29, 0.717) is 0 Å². The number of nitrogens with one attached hydrogen (secondary N) is 1. The minimum Gasteiger partial charge on any atom is -0.756 e. The molecule has 0 spiro atoms. The first-order chi connectivity index (χ1) is 9.16. The molecule has 0 saturated carbocycles. The van der Waals surface area contributed by atoms with E-state index in [1.807, 2.05) is 0 Å². The van der Waals surface area contributed by atoms with Gasteiger partial charge < -0.3 is 35.1 Å². The molecule has 0 heterocycles. The van der Waals surface area contributed by atoms with Crippen LogP contribution in [0.1, 0.15) is 0 Å². The standard InChI is InChI=1S/C4H13N3O7P2.K.H3O4P/c1-13-16(11,12)14-3-2-6-4(5)7-15(8,9)10;;1-5(2,3)4/h2-3H2,1H3,(H,11,12)(H5,5,6,7,8,9,10);;(H3,1,2,3,4)/q;+1;/p-1. The summed E-state index contributed by atoms with van der Waals surface area (Å²) in [6, 6.07) is 0. The molecule has 18 heteroatoms. The number of phosphoric acid groups is 2. The maximum atomic E-state index is 10.7. The van der Waals surface area contributed by atoms with Gasteiger partial charge in [0.15, 0.2) is 5.96 Å². The fourth-order valence-electron chi connectivity index (χ4n) is 0.560. The van der Waals surface area contributed by atoms with E-state index in [1.54, 1.807) is 5.09 Å². The van der Waals surface area contributed by atoms with Crippen LogP contribution < -0.4 is 67.1 Å². The molecule has 0 aromatic heterocycles. The van der Waals surface area contributed by atoms with Crippen molar-refractivity contribution in [3.05, 3.63) is 0 Å². The van der Waals surface area contributed by atoms with E-state index in [1.165, 1.54) is 0 Å². The Morgan fingerprint density at radius 2 is 1.64 bits per heavy atom. The summed E-state index contributed by atoms with van der Waals surface area (Å²) < 4.78 is 38.3. The fourth-order valence-corrected chi connectivity index (χ4v) is 1.35. The third-order valence-corrected chi connectivity index (χ3v) is 2.61. The Kier molecular flexibility index (Phi) is 16.1. The van der Waals surface area contributed by atoms with Crippen LogP contribution in [0, 0.1) is 0 Å². The van der Waals surface area contributed by atoms with Crippen molar-refractivity contribution in [2.45, 2.75) is 0 Å². The summed E-state index contributed by atoms with van der Waals surface area (Å²) in [7, 11) is -12.4. The summed E-state index contributed by atoms with van der Waals surface area (Å²) in [5, 5.41) is 1.61. The molecule has 0 radical (unpaired) electrons. The van der Waals surface area contributed by atoms with Crippen molar-refractivity contribution in [2.75, 3.05) is 20.3 Å². The maximum absolute atomic E-state index is 10.7. The van der Waals surface area contributed by atoms with Gasteiger partial charge in [-0.15, -0.1) is 0 Å². The molecule has 0 aliphatic rings. The molecule has 0 aliphatic heterocycles. The number of nitrogens with zero attached hydrogens (tertiary/aromatic N) is 1. The van der Waals surface area contributed by atoms with Gasteiger partial charge in [0.2, 0.25) is 0 Å². The third kappa shape index (κ3) is 29.3. The molecule has 22 heavy (non-hydrogen) atoms. The van der Waals surface area contributed by atoms with Crippen molar-refractivity contribution in [3.63, 3.8) is 0 Å². The predicted molar refractivity (Wildman–Crippen MR) is 66.5 cm³/mol. The average Bonchev–Trinajstić information content (AvgIpc) is 2.19. The molecule has 1 unspecified atom stereocenters. The van der Waals surface area contributed by atoms with Gasteiger partial charge in [-0.1, -0.05) is 0 Å². The Balaban J connectivity index is -0.000000520. The normalized spacial score (nSPS) is 15.0. The van der Waals surface area contributed by atoms with Crippen molar-refractivity contribution >= 4 is 29.4 Å². The van der Waals surface area contributed by atoms with E-state index in [-0.39, 0.29) is 64.5 Å². The Hall–Kier alpha value is 1.28. The number of rotatable bonds is 6. The van der Waals surface area contributed by atoms with Gasteiger partial charge in [-0.3, -0.25) is 23.7 Å². The molecule has 0 aromatic carbocycles. The number of guanidine groups is 1. The van der Waals surface area contributed by atoms with Crippen molar-refractivity contribution in [3.8, 4) is 0 Å². The second kappa shape index (κ2) is 12.6. The number of phosphoric ester groups is 1. The molecule has 0 bridgehead atoms. The van der Waals surface area contributed by atoms with Gasteiger partial charge >= 0.3 is 67.0 Å². The van der Waals surface area contributed by atoms with Crippen LogP contribution in [0.25, 0.3) is 0 Å². The summed E-state index contributed by atoms with van der Waals surface area (Å²) in [6.07, 6.45) is 0. The molecule has 0 fully saturated rings. The zero-order valence-electron chi connectivity index (χ0n) is 11.5. The molecular formula is C4H15KN3O11P3. The first kappa shape index (κ1) is 28.1. The number of hydrogen-bond acceptors (Lipinski definition) is 7. The van der Waals surface area contributed by atoms with Gasteiger partial charge in [0.05, 0.1) is 13.2 Å². The number of aliphatic imine (C=N–C) groups is 1. The van der Waals surface area contributed by atoms with E-state index < -0.39 is 29.4 Å². The first-order valence-electron chi connectivity index (χ1n) is 4.59. The quantitative estimate of drug-likeness (QED) is 0.0706. The smallest absolute Gasteiger partial charge is 0.756 e. The zero-order valence-corrected chi connectivity index (χ0v) is 17.3. The molecule has 0 aromatic rings. The second-order valence-corrected chi connectivity index (χ2v) is 6.75. The van der Waals surface area contributed by atoms with Crippen LogP contribution in [0.3, 0.4) is 0 Å². The van der Waals surface area contributed by atoms with Crippen molar-refractivity contribution in [2.24, 2.45) is 10.7 Å². The van der Waals surface area contributed by atoms with E-state index in [4.69, 9.17) is 39.7 Å². The molecular weight excluding hydrogens is 398 g/mol. The number of hydrogen-bond donors (Lipinski definition) is 7. The van der Waals surface area contributed by atoms with Crippen LogP contribution in [0.15, 0.2) is 4.99 Å². The summed E-state index contributed by atoms with van der Waals surface area (Å²) in [4.78, 5) is 51.9. The average molecular weight is 413 g/mol. The summed E-state index contributed by atoms with van der Waals surface area (Å²) in [5.74, 6) is -0.498. The van der Waals surface area contributed by atoms with Gasteiger partial charge in [0, 0.05) is 7.11 Å². The molecule has 0 rings (SSSR count). The molecule has 0 amide bonds. The number of nitrogens with two attached hydrogens (primary N) is 1. The summed E-state index contributed by atoms with van der Waals surface area (Å²) >= 11 is 0. The Labute approximate surface area is 167 Å². The van der Waals surface area contributed by atoms with Crippen LogP contribution in [0.4, 0.5) is 0 Å². The molecule has 1 atom stereocenters. The molecule has 128 valence electrons. The maximum Gasteiger partial charge on any atom is 1.00 e. The third-order valence-electron chi connectivity index (χ3n) is 1.12. The Morgan fingerprint density at radius 1 is 1.23 bits per heavy atom. The molecule has 14 nitrogen and oxygen atoms in total. The van der Waals surface area contributed by atoms with E-state index in [2.05, 4.69) is 14.0 Å². The van der Waals surface area contributed by atoms with Crippen molar-refractivity contribution in [1.82, 2.24) is 5.09 Å². The van der Waals surface area contributed by atoms with Gasteiger partial charge in [-0.25, -0.2) is 9.13 Å². The molecule has 8 N–H and O–H groups in total. The monoisotopic (exact) mass is 413 g/mol. The van der Waals surface area contributed by atoms with Gasteiger partial charge in [-0.2, -0.15) is 0 Å². The van der Waals surface area contributed by atoms with E-state index in [0.717, 1.165) is 7.11 Å². The van der Waals surface area contributed by atoms with Gasteiger partial charge in [0.1, 0.15) is 0 Å². The summed E-state index contributed by atoms with van der Waals surface area (Å²) in [5.41, 5.74) is 5.07. The first-order valence-corrected chi connectivity index (χ1v) is 9.23. The summed E-state index contributed by atoms with van der Waals surface area (Å²) in [6.45, 7) is -0.447.